The Morgan fingerprint density at radius 2 is 1.66 bits per heavy atom. The minimum Gasteiger partial charge on any atom is -0.378 e. The predicted octanol–water partition coefficient (Wildman–Crippen LogP) is 3.77. The van der Waals surface area contributed by atoms with Crippen molar-refractivity contribution in [3.8, 4) is 27.9 Å². The molecular weight excluding hydrogens is 362 g/mol. The van der Waals surface area contributed by atoms with Gasteiger partial charge >= 0.3 is 0 Å². The summed E-state index contributed by atoms with van der Waals surface area (Å²) in [7, 11) is 4.01. The molecule has 0 aliphatic rings. The first-order valence-electron chi connectivity index (χ1n) is 9.22. The van der Waals surface area contributed by atoms with Crippen molar-refractivity contribution in [3.05, 3.63) is 84.9 Å². The molecule has 4 rings (SSSR count). The average Bonchev–Trinajstić information content (AvgIpc) is 3.24. The molecule has 6 heteroatoms. The molecule has 1 heterocycles. The lowest BCUT2D eigenvalue weighted by atomic mass is 9.92. The number of nitrogens with two attached hydrogens (primary N) is 1. The van der Waals surface area contributed by atoms with E-state index >= 15 is 0 Å². The normalized spacial score (nSPS) is 10.7. The fourth-order valence-corrected chi connectivity index (χ4v) is 3.40. The van der Waals surface area contributed by atoms with Gasteiger partial charge in [0.15, 0.2) is 0 Å². The summed E-state index contributed by atoms with van der Waals surface area (Å²) in [6, 6.07) is 24.3. The molecule has 0 aliphatic heterocycles. The Labute approximate surface area is 169 Å². The molecule has 1 amide bonds. The van der Waals surface area contributed by atoms with Gasteiger partial charge < -0.3 is 10.6 Å². The maximum Gasteiger partial charge on any atom is 0.286 e. The van der Waals surface area contributed by atoms with Crippen molar-refractivity contribution in [3.63, 3.8) is 0 Å². The summed E-state index contributed by atoms with van der Waals surface area (Å²) in [6.45, 7) is 0. The number of rotatable bonds is 5. The molecule has 6 nitrogen and oxygen atoms in total. The zero-order valence-electron chi connectivity index (χ0n) is 16.3. The van der Waals surface area contributed by atoms with Crippen LogP contribution in [-0.4, -0.2) is 34.8 Å². The lowest BCUT2D eigenvalue weighted by molar-refractivity contribution is 0.0988. The fraction of sp³-hybridized carbons (Fsp3) is 0.0870. The van der Waals surface area contributed by atoms with E-state index < -0.39 is 5.91 Å². The number of hydrogen-bond donors (Lipinski definition) is 1. The van der Waals surface area contributed by atoms with E-state index in [0.29, 0.717) is 0 Å². The maximum absolute atomic E-state index is 11.9. The van der Waals surface area contributed by atoms with Crippen LogP contribution in [0, 0.1) is 0 Å². The molecule has 2 N–H and O–H groups in total. The van der Waals surface area contributed by atoms with E-state index in [4.69, 9.17) is 5.73 Å². The first kappa shape index (κ1) is 18.4. The van der Waals surface area contributed by atoms with Gasteiger partial charge in [0.1, 0.15) is 6.33 Å². The topological polar surface area (TPSA) is 77.0 Å². The lowest BCUT2D eigenvalue weighted by Gasteiger charge is -2.19. The smallest absolute Gasteiger partial charge is 0.286 e. The minimum atomic E-state index is -0.624. The van der Waals surface area contributed by atoms with Crippen molar-refractivity contribution >= 4 is 11.6 Å². The molecule has 0 radical (unpaired) electrons. The third-order valence-corrected chi connectivity index (χ3v) is 4.77. The highest BCUT2D eigenvalue weighted by molar-refractivity contribution is 5.93. The van der Waals surface area contributed by atoms with Crippen LogP contribution in [-0.2, 0) is 0 Å². The number of amides is 1. The first-order chi connectivity index (χ1) is 14.1. The summed E-state index contributed by atoms with van der Waals surface area (Å²) in [4.78, 5) is 18.0. The SMILES string of the molecule is CN(C)c1cccc(-c2c(-c3ccccc3)cccc2-n2ncnc2C(N)=O)c1. The highest BCUT2D eigenvalue weighted by atomic mass is 16.1. The Kier molecular flexibility index (Phi) is 4.83. The zero-order valence-corrected chi connectivity index (χ0v) is 16.3. The summed E-state index contributed by atoms with van der Waals surface area (Å²) in [5, 5.41) is 4.28. The number of benzene rings is 3. The van der Waals surface area contributed by atoms with Crippen molar-refractivity contribution in [1.82, 2.24) is 14.8 Å². The number of nitrogens with zero attached hydrogens (tertiary/aromatic N) is 4. The molecule has 0 aliphatic carbocycles. The van der Waals surface area contributed by atoms with Gasteiger partial charge in [-0.3, -0.25) is 4.79 Å². The Hall–Kier alpha value is -3.93. The van der Waals surface area contributed by atoms with Gasteiger partial charge in [0.25, 0.3) is 5.91 Å². The van der Waals surface area contributed by atoms with E-state index in [1.807, 2.05) is 50.5 Å². The van der Waals surface area contributed by atoms with Crippen LogP contribution in [0.4, 0.5) is 5.69 Å². The van der Waals surface area contributed by atoms with Crippen LogP contribution in [0.2, 0.25) is 0 Å². The van der Waals surface area contributed by atoms with Crippen LogP contribution in [0.1, 0.15) is 10.6 Å². The quantitative estimate of drug-likeness (QED) is 0.569. The second kappa shape index (κ2) is 7.59. The van der Waals surface area contributed by atoms with Gasteiger partial charge in [0.2, 0.25) is 5.82 Å². The Bertz CT molecular complexity index is 1160. The second-order valence-corrected chi connectivity index (χ2v) is 6.87. The number of primary amides is 1. The van der Waals surface area contributed by atoms with Gasteiger partial charge in [-0.2, -0.15) is 5.10 Å². The molecule has 0 saturated carbocycles. The van der Waals surface area contributed by atoms with Crippen LogP contribution in [0.3, 0.4) is 0 Å². The van der Waals surface area contributed by atoms with E-state index in [0.717, 1.165) is 33.6 Å². The number of carbonyl (C=O) groups is 1. The molecule has 0 fully saturated rings. The summed E-state index contributed by atoms with van der Waals surface area (Å²) in [5.74, 6) is -0.527. The Morgan fingerprint density at radius 3 is 2.38 bits per heavy atom. The van der Waals surface area contributed by atoms with Crippen molar-refractivity contribution in [2.24, 2.45) is 5.73 Å². The number of carbonyl (C=O) groups excluding carboxylic acids is 1. The van der Waals surface area contributed by atoms with Crippen LogP contribution >= 0.6 is 0 Å². The third kappa shape index (κ3) is 3.48. The predicted molar refractivity (Wildman–Crippen MR) is 115 cm³/mol. The molecule has 3 aromatic carbocycles. The molecule has 0 bridgehead atoms. The molecule has 0 saturated heterocycles. The van der Waals surface area contributed by atoms with Crippen LogP contribution in [0.25, 0.3) is 27.9 Å². The van der Waals surface area contributed by atoms with Crippen molar-refractivity contribution < 1.29 is 4.79 Å². The highest BCUT2D eigenvalue weighted by Crippen LogP contribution is 2.38. The van der Waals surface area contributed by atoms with Gasteiger partial charge in [-0.1, -0.05) is 54.6 Å². The van der Waals surface area contributed by atoms with E-state index in [1.54, 1.807) is 0 Å². The van der Waals surface area contributed by atoms with Gasteiger partial charge in [-0.15, -0.1) is 0 Å². The number of aromatic nitrogens is 3. The molecule has 0 unspecified atom stereocenters. The van der Waals surface area contributed by atoms with Gasteiger partial charge in [-0.05, 0) is 34.9 Å². The fourth-order valence-electron chi connectivity index (χ4n) is 3.40. The molecule has 144 valence electrons. The standard InChI is InChI=1S/C23H21N5O/c1-27(2)18-11-6-10-17(14-18)21-19(16-8-4-3-5-9-16)12-7-13-20(21)28-23(22(24)29)25-15-26-28/h3-15H,1-2H3,(H2,24,29). The molecule has 0 spiro atoms. The van der Waals surface area contributed by atoms with Crippen LogP contribution in [0.15, 0.2) is 79.1 Å². The van der Waals surface area contributed by atoms with E-state index in [2.05, 4.69) is 51.4 Å². The monoisotopic (exact) mass is 383 g/mol. The highest BCUT2D eigenvalue weighted by Gasteiger charge is 2.19. The van der Waals surface area contributed by atoms with E-state index in [1.165, 1.54) is 11.0 Å². The molecule has 29 heavy (non-hydrogen) atoms. The summed E-state index contributed by atoms with van der Waals surface area (Å²) in [5.41, 5.74) is 11.4. The average molecular weight is 383 g/mol. The third-order valence-electron chi connectivity index (χ3n) is 4.77. The van der Waals surface area contributed by atoms with Crippen LogP contribution in [0.5, 0.6) is 0 Å². The summed E-state index contributed by atoms with van der Waals surface area (Å²) >= 11 is 0. The van der Waals surface area contributed by atoms with Crippen molar-refractivity contribution in [2.75, 3.05) is 19.0 Å². The number of hydrogen-bond acceptors (Lipinski definition) is 4. The summed E-state index contributed by atoms with van der Waals surface area (Å²) < 4.78 is 1.51. The van der Waals surface area contributed by atoms with Gasteiger partial charge in [0, 0.05) is 25.3 Å². The maximum atomic E-state index is 11.9. The Balaban J connectivity index is 2.04. The first-order valence-corrected chi connectivity index (χ1v) is 9.22. The van der Waals surface area contributed by atoms with Crippen LogP contribution < -0.4 is 10.6 Å². The molecule has 1 aromatic heterocycles. The molecular formula is C23H21N5O. The second-order valence-electron chi connectivity index (χ2n) is 6.87. The van der Waals surface area contributed by atoms with Crippen molar-refractivity contribution in [1.29, 1.82) is 0 Å². The molecule has 4 aromatic rings. The van der Waals surface area contributed by atoms with Crippen molar-refractivity contribution in [2.45, 2.75) is 0 Å². The number of anilines is 1. The van der Waals surface area contributed by atoms with E-state index in [9.17, 15) is 4.79 Å². The lowest BCUT2D eigenvalue weighted by Crippen LogP contribution is -2.18. The zero-order chi connectivity index (χ0) is 20.4. The van der Waals surface area contributed by atoms with E-state index in [-0.39, 0.29) is 5.82 Å². The van der Waals surface area contributed by atoms with Gasteiger partial charge in [0.05, 0.1) is 5.69 Å². The summed E-state index contributed by atoms with van der Waals surface area (Å²) in [6.07, 6.45) is 1.34. The minimum absolute atomic E-state index is 0.0974. The largest absolute Gasteiger partial charge is 0.378 e. The molecule has 0 atom stereocenters. The Morgan fingerprint density at radius 1 is 0.931 bits per heavy atom. The van der Waals surface area contributed by atoms with Gasteiger partial charge in [-0.25, -0.2) is 9.67 Å².